The van der Waals surface area contributed by atoms with Crippen LogP contribution in [0.15, 0.2) is 28.7 Å². The maximum Gasteiger partial charge on any atom is 0.308 e. The molecule has 1 atom stereocenters. The molecule has 0 aliphatic carbocycles. The predicted octanol–water partition coefficient (Wildman–Crippen LogP) is 5.24. The summed E-state index contributed by atoms with van der Waals surface area (Å²) in [5, 5.41) is 2.75. The lowest BCUT2D eigenvalue weighted by Gasteiger charge is -2.34. The van der Waals surface area contributed by atoms with Crippen molar-refractivity contribution in [3.63, 3.8) is 0 Å². The van der Waals surface area contributed by atoms with Gasteiger partial charge in [0.15, 0.2) is 0 Å². The van der Waals surface area contributed by atoms with Gasteiger partial charge in [-0.05, 0) is 30.7 Å². The molecule has 7 heteroatoms. The van der Waals surface area contributed by atoms with Gasteiger partial charge >= 0.3 is 5.97 Å². The maximum absolute atomic E-state index is 12.9. The van der Waals surface area contributed by atoms with Gasteiger partial charge in [0.05, 0.1) is 13.0 Å². The molecule has 178 valence electrons. The number of nitrogens with one attached hydrogen (secondary N) is 1. The number of hydrogen-bond acceptors (Lipinski definition) is 4. The quantitative estimate of drug-likeness (QED) is 0.275. The van der Waals surface area contributed by atoms with Crippen LogP contribution >= 0.6 is 15.9 Å². The van der Waals surface area contributed by atoms with Crippen LogP contribution in [0.3, 0.4) is 0 Å². The number of rotatable bonds is 14. The van der Waals surface area contributed by atoms with Crippen LogP contribution in [0.1, 0.15) is 87.9 Å². The van der Waals surface area contributed by atoms with Crippen LogP contribution in [0.4, 0.5) is 0 Å². The van der Waals surface area contributed by atoms with Gasteiger partial charge < -0.3 is 15.0 Å². The van der Waals surface area contributed by atoms with E-state index in [0.717, 1.165) is 23.7 Å². The molecular formula is C25H37BrN2O4. The highest BCUT2D eigenvalue weighted by Gasteiger charge is 2.35. The second-order valence-electron chi connectivity index (χ2n) is 8.42. The summed E-state index contributed by atoms with van der Waals surface area (Å²) in [5.74, 6) is -0.992. The lowest BCUT2D eigenvalue weighted by atomic mass is 10.1. The molecule has 1 saturated heterocycles. The zero-order chi connectivity index (χ0) is 23.2. The average molecular weight is 509 g/mol. The van der Waals surface area contributed by atoms with Gasteiger partial charge in [-0.3, -0.25) is 14.4 Å². The Morgan fingerprint density at radius 2 is 1.59 bits per heavy atom. The Labute approximate surface area is 200 Å². The van der Waals surface area contributed by atoms with Crippen molar-refractivity contribution in [2.24, 2.45) is 0 Å². The summed E-state index contributed by atoms with van der Waals surface area (Å²) in [6, 6.07) is 6.15. The fourth-order valence-corrected chi connectivity index (χ4v) is 4.18. The molecule has 0 radical (unpaired) electrons. The third kappa shape index (κ3) is 9.31. The summed E-state index contributed by atoms with van der Waals surface area (Å²) >= 11 is 3.35. The lowest BCUT2D eigenvalue weighted by Crippen LogP contribution is -2.57. The van der Waals surface area contributed by atoms with Gasteiger partial charge in [0, 0.05) is 23.1 Å². The molecule has 0 saturated carbocycles. The molecule has 2 amide bonds. The Balaban J connectivity index is 1.68. The van der Waals surface area contributed by atoms with E-state index < -0.39 is 12.0 Å². The Morgan fingerprint density at radius 3 is 2.22 bits per heavy atom. The molecule has 1 unspecified atom stereocenters. The van der Waals surface area contributed by atoms with E-state index in [-0.39, 0.29) is 18.2 Å². The van der Waals surface area contributed by atoms with Crippen LogP contribution in [0.2, 0.25) is 0 Å². The van der Waals surface area contributed by atoms with Crippen LogP contribution in [0.5, 0.6) is 0 Å². The summed E-state index contributed by atoms with van der Waals surface area (Å²) in [4.78, 5) is 39.1. The first-order valence-corrected chi connectivity index (χ1v) is 12.8. The van der Waals surface area contributed by atoms with Crippen molar-refractivity contribution in [2.45, 2.75) is 83.6 Å². The van der Waals surface area contributed by atoms with Crippen molar-refractivity contribution < 1.29 is 19.1 Å². The molecule has 1 N–H and O–H groups in total. The van der Waals surface area contributed by atoms with Gasteiger partial charge in [-0.25, -0.2) is 0 Å². The number of hydrogen-bond donors (Lipinski definition) is 1. The largest absolute Gasteiger partial charge is 0.466 e. The number of nitrogens with zero attached hydrogens (tertiary/aromatic N) is 1. The summed E-state index contributed by atoms with van der Waals surface area (Å²) in [6.07, 6.45) is 12.0. The minimum Gasteiger partial charge on any atom is -0.466 e. The highest BCUT2D eigenvalue weighted by Crippen LogP contribution is 2.17. The fraction of sp³-hybridized carbons (Fsp3) is 0.640. The highest BCUT2D eigenvalue weighted by atomic mass is 79.9. The number of piperazine rings is 1. The lowest BCUT2D eigenvalue weighted by molar-refractivity contribution is -0.147. The summed E-state index contributed by atoms with van der Waals surface area (Å²) in [5.41, 5.74) is 0.492. The van der Waals surface area contributed by atoms with E-state index in [1.807, 2.05) is 0 Å². The van der Waals surface area contributed by atoms with E-state index in [9.17, 15) is 14.4 Å². The molecule has 0 spiro atoms. The Kier molecular flexibility index (Phi) is 12.4. The molecule has 6 nitrogen and oxygen atoms in total. The first-order valence-electron chi connectivity index (χ1n) is 12.0. The van der Waals surface area contributed by atoms with E-state index in [0.29, 0.717) is 25.3 Å². The Hall–Kier alpha value is -1.89. The monoisotopic (exact) mass is 508 g/mol. The second kappa shape index (κ2) is 15.0. The van der Waals surface area contributed by atoms with Gasteiger partial charge in [0.2, 0.25) is 5.91 Å². The van der Waals surface area contributed by atoms with Crippen molar-refractivity contribution in [3.8, 4) is 0 Å². The van der Waals surface area contributed by atoms with Gasteiger partial charge in [-0.1, -0.05) is 80.6 Å². The maximum atomic E-state index is 12.9. The standard InChI is InChI=1S/C25H37BrN2O4/c1-2-3-4-5-6-7-8-9-10-11-18-32-23(29)19-22-24(30)27-16-17-28(22)25(31)20-12-14-21(26)15-13-20/h12-15,22H,2-11,16-19H2,1H3,(H,27,30). The second-order valence-corrected chi connectivity index (χ2v) is 9.33. The number of halogens is 1. The number of benzene rings is 1. The van der Waals surface area contributed by atoms with E-state index in [4.69, 9.17) is 4.74 Å². The zero-order valence-corrected chi connectivity index (χ0v) is 20.8. The third-order valence-electron chi connectivity index (χ3n) is 5.80. The topological polar surface area (TPSA) is 75.7 Å². The van der Waals surface area contributed by atoms with Crippen molar-refractivity contribution in [1.82, 2.24) is 10.2 Å². The van der Waals surface area contributed by atoms with E-state index >= 15 is 0 Å². The molecule has 1 heterocycles. The van der Waals surface area contributed by atoms with Crippen LogP contribution in [0.25, 0.3) is 0 Å². The van der Waals surface area contributed by atoms with Crippen molar-refractivity contribution >= 4 is 33.7 Å². The zero-order valence-electron chi connectivity index (χ0n) is 19.2. The number of ether oxygens (including phenoxy) is 1. The minimum atomic E-state index is -0.833. The number of esters is 1. The number of carbonyl (C=O) groups excluding carboxylic acids is 3. The molecule has 1 aliphatic heterocycles. The summed E-state index contributed by atoms with van der Waals surface area (Å²) in [7, 11) is 0. The number of unbranched alkanes of at least 4 members (excludes halogenated alkanes) is 9. The van der Waals surface area contributed by atoms with Crippen LogP contribution in [-0.4, -0.2) is 48.4 Å². The molecule has 1 fully saturated rings. The minimum absolute atomic E-state index is 0.119. The van der Waals surface area contributed by atoms with E-state index in [1.54, 1.807) is 24.3 Å². The molecule has 32 heavy (non-hydrogen) atoms. The summed E-state index contributed by atoms with van der Waals surface area (Å²) in [6.45, 7) is 3.35. The average Bonchev–Trinajstić information content (AvgIpc) is 2.79. The summed E-state index contributed by atoms with van der Waals surface area (Å²) < 4.78 is 6.22. The predicted molar refractivity (Wildman–Crippen MR) is 129 cm³/mol. The molecule has 1 aliphatic rings. The van der Waals surface area contributed by atoms with Gasteiger partial charge in [-0.2, -0.15) is 0 Å². The highest BCUT2D eigenvalue weighted by molar-refractivity contribution is 9.10. The smallest absolute Gasteiger partial charge is 0.308 e. The third-order valence-corrected chi connectivity index (χ3v) is 6.33. The first kappa shape index (κ1) is 26.4. The van der Waals surface area contributed by atoms with Crippen molar-refractivity contribution in [1.29, 1.82) is 0 Å². The van der Waals surface area contributed by atoms with Crippen molar-refractivity contribution in [2.75, 3.05) is 19.7 Å². The molecule has 1 aromatic carbocycles. The van der Waals surface area contributed by atoms with E-state index in [2.05, 4.69) is 28.2 Å². The normalized spacial score (nSPS) is 16.0. The molecule has 1 aromatic rings. The van der Waals surface area contributed by atoms with Crippen molar-refractivity contribution in [3.05, 3.63) is 34.3 Å². The molecule has 2 rings (SSSR count). The number of carbonyl (C=O) groups is 3. The van der Waals surface area contributed by atoms with Crippen LogP contribution in [-0.2, 0) is 14.3 Å². The van der Waals surface area contributed by atoms with Gasteiger partial charge in [0.1, 0.15) is 6.04 Å². The molecular weight excluding hydrogens is 472 g/mol. The van der Waals surface area contributed by atoms with Gasteiger partial charge in [-0.15, -0.1) is 0 Å². The first-order chi connectivity index (χ1) is 15.5. The Morgan fingerprint density at radius 1 is 1.00 bits per heavy atom. The number of amides is 2. The van der Waals surface area contributed by atoms with Crippen LogP contribution in [0, 0.1) is 0 Å². The SMILES string of the molecule is CCCCCCCCCCCCOC(=O)CC1C(=O)NCCN1C(=O)c1ccc(Br)cc1. The molecule has 0 aromatic heterocycles. The van der Waals surface area contributed by atoms with Gasteiger partial charge in [0.25, 0.3) is 5.91 Å². The Bertz CT molecular complexity index is 723. The van der Waals surface area contributed by atoms with Crippen LogP contribution < -0.4 is 5.32 Å². The molecule has 0 bridgehead atoms. The van der Waals surface area contributed by atoms with E-state index in [1.165, 1.54) is 49.8 Å². The fourth-order valence-electron chi connectivity index (χ4n) is 3.91.